The molecule has 0 bridgehead atoms. The van der Waals surface area contributed by atoms with Gasteiger partial charge >= 0.3 is 0 Å². The zero-order valence-electron chi connectivity index (χ0n) is 14.7. The summed E-state index contributed by atoms with van der Waals surface area (Å²) in [4.78, 5) is 19.6. The smallest absolute Gasteiger partial charge is 0.257 e. The minimum atomic E-state index is 0.110. The van der Waals surface area contributed by atoms with Gasteiger partial charge in [-0.3, -0.25) is 9.48 Å². The molecule has 6 heteroatoms. The molecule has 2 aromatic heterocycles. The molecule has 128 valence electrons. The van der Waals surface area contributed by atoms with E-state index in [-0.39, 0.29) is 5.91 Å². The third kappa shape index (κ3) is 2.74. The topological polar surface area (TPSA) is 56.0 Å². The summed E-state index contributed by atoms with van der Waals surface area (Å²) in [5, 5.41) is 4.53. The van der Waals surface area contributed by atoms with E-state index in [0.29, 0.717) is 18.4 Å². The highest BCUT2D eigenvalue weighted by Gasteiger charge is 2.34. The molecular formula is C18H25N5O. The Bertz CT molecular complexity index is 768. The molecular weight excluding hydrogens is 302 g/mol. The van der Waals surface area contributed by atoms with Crippen molar-refractivity contribution >= 4 is 5.91 Å². The molecule has 0 N–H and O–H groups in total. The molecule has 1 fully saturated rings. The van der Waals surface area contributed by atoms with Crippen molar-refractivity contribution in [2.75, 3.05) is 6.54 Å². The molecule has 0 atom stereocenters. The van der Waals surface area contributed by atoms with Crippen LogP contribution in [0.2, 0.25) is 0 Å². The monoisotopic (exact) mass is 327 g/mol. The maximum absolute atomic E-state index is 13.1. The van der Waals surface area contributed by atoms with Crippen LogP contribution in [0.5, 0.6) is 0 Å². The van der Waals surface area contributed by atoms with Crippen molar-refractivity contribution in [2.24, 2.45) is 5.92 Å². The number of aromatic nitrogens is 4. The molecule has 0 saturated heterocycles. The maximum atomic E-state index is 13.1. The summed E-state index contributed by atoms with van der Waals surface area (Å²) in [6.45, 7) is 9.40. The number of aryl methyl sites for hydroxylation is 1. The van der Waals surface area contributed by atoms with Gasteiger partial charge in [0.1, 0.15) is 5.82 Å². The van der Waals surface area contributed by atoms with E-state index in [9.17, 15) is 4.79 Å². The van der Waals surface area contributed by atoms with Gasteiger partial charge in [-0.2, -0.15) is 5.10 Å². The van der Waals surface area contributed by atoms with Gasteiger partial charge in [0.2, 0.25) is 0 Å². The number of carbonyl (C=O) groups is 1. The van der Waals surface area contributed by atoms with Gasteiger partial charge in [0.15, 0.2) is 0 Å². The molecule has 24 heavy (non-hydrogen) atoms. The summed E-state index contributed by atoms with van der Waals surface area (Å²) >= 11 is 0. The van der Waals surface area contributed by atoms with Crippen LogP contribution in [0.4, 0.5) is 0 Å². The maximum Gasteiger partial charge on any atom is 0.257 e. The summed E-state index contributed by atoms with van der Waals surface area (Å²) in [7, 11) is 0. The molecule has 3 heterocycles. The Kier molecular flexibility index (Phi) is 3.70. The van der Waals surface area contributed by atoms with Gasteiger partial charge in [0.25, 0.3) is 5.91 Å². The zero-order chi connectivity index (χ0) is 16.8. The molecule has 1 aliphatic heterocycles. The molecule has 6 nitrogen and oxygen atoms in total. The number of hydrogen-bond donors (Lipinski definition) is 0. The van der Waals surface area contributed by atoms with E-state index in [4.69, 9.17) is 0 Å². The predicted molar refractivity (Wildman–Crippen MR) is 90.7 cm³/mol. The lowest BCUT2D eigenvalue weighted by atomic mass is 10.1. The van der Waals surface area contributed by atoms with Crippen molar-refractivity contribution in [1.29, 1.82) is 0 Å². The second kappa shape index (κ2) is 5.76. The first kappa shape index (κ1) is 15.4. The van der Waals surface area contributed by atoms with Crippen molar-refractivity contribution in [3.05, 3.63) is 35.2 Å². The normalized spacial score (nSPS) is 17.4. The number of imidazole rings is 1. The van der Waals surface area contributed by atoms with E-state index < -0.39 is 0 Å². The molecule has 4 rings (SSSR count). The Hall–Kier alpha value is -2.11. The molecule has 2 aromatic rings. The number of carbonyl (C=O) groups excluding carboxylic acids is 1. The summed E-state index contributed by atoms with van der Waals surface area (Å²) in [6.07, 6.45) is 6.19. The molecule has 0 spiro atoms. The standard InChI is InChI=1S/C18H25N5O/c1-12(2)9-23-17(14-4-5-14)15(8-19-23)18(24)22-7-6-21-10-13(3)20-16(21)11-22/h8,10,12,14H,4-7,9,11H2,1-3H3. The third-order valence-electron chi connectivity index (χ3n) is 4.82. The third-order valence-corrected chi connectivity index (χ3v) is 4.82. The van der Waals surface area contributed by atoms with Crippen molar-refractivity contribution < 1.29 is 4.79 Å². The number of fused-ring (bicyclic) bond motifs is 1. The molecule has 0 radical (unpaired) electrons. The minimum Gasteiger partial charge on any atom is -0.331 e. The molecule has 0 unspecified atom stereocenters. The Labute approximate surface area is 142 Å². The van der Waals surface area contributed by atoms with Crippen LogP contribution in [-0.2, 0) is 19.6 Å². The molecule has 0 aromatic carbocycles. The first-order valence-corrected chi connectivity index (χ1v) is 8.90. The van der Waals surface area contributed by atoms with Crippen LogP contribution in [0, 0.1) is 12.8 Å². The predicted octanol–water partition coefficient (Wildman–Crippen LogP) is 2.58. The van der Waals surface area contributed by atoms with Crippen LogP contribution in [0.25, 0.3) is 0 Å². The fraction of sp³-hybridized carbons (Fsp3) is 0.611. The SMILES string of the molecule is Cc1cn2c(n1)CN(C(=O)c1cnn(CC(C)C)c1C1CC1)CC2. The van der Waals surface area contributed by atoms with E-state index in [0.717, 1.165) is 42.4 Å². The Morgan fingerprint density at radius 3 is 2.83 bits per heavy atom. The van der Waals surface area contributed by atoms with E-state index in [2.05, 4.69) is 39.4 Å². The van der Waals surface area contributed by atoms with E-state index in [1.54, 1.807) is 6.20 Å². The second-order valence-corrected chi connectivity index (χ2v) is 7.51. The second-order valence-electron chi connectivity index (χ2n) is 7.51. The van der Waals surface area contributed by atoms with Crippen LogP contribution in [0.1, 0.15) is 60.2 Å². The molecule has 1 amide bonds. The lowest BCUT2D eigenvalue weighted by Gasteiger charge is -2.27. The Morgan fingerprint density at radius 1 is 1.33 bits per heavy atom. The van der Waals surface area contributed by atoms with Gasteiger partial charge in [-0.25, -0.2) is 4.98 Å². The number of nitrogens with zero attached hydrogens (tertiary/aromatic N) is 5. The van der Waals surface area contributed by atoms with Gasteiger partial charge < -0.3 is 9.47 Å². The van der Waals surface area contributed by atoms with Crippen LogP contribution < -0.4 is 0 Å². The highest BCUT2D eigenvalue weighted by atomic mass is 16.2. The highest BCUT2D eigenvalue weighted by molar-refractivity contribution is 5.95. The van der Waals surface area contributed by atoms with Crippen LogP contribution in [0.15, 0.2) is 12.4 Å². The van der Waals surface area contributed by atoms with Gasteiger partial charge in [-0.15, -0.1) is 0 Å². The largest absolute Gasteiger partial charge is 0.331 e. The number of amides is 1. The highest BCUT2D eigenvalue weighted by Crippen LogP contribution is 2.42. The van der Waals surface area contributed by atoms with Crippen molar-refractivity contribution in [1.82, 2.24) is 24.2 Å². The van der Waals surface area contributed by atoms with Gasteiger partial charge in [0, 0.05) is 31.7 Å². The lowest BCUT2D eigenvalue weighted by Crippen LogP contribution is -2.38. The minimum absolute atomic E-state index is 0.110. The lowest BCUT2D eigenvalue weighted by molar-refractivity contribution is 0.0706. The van der Waals surface area contributed by atoms with Crippen LogP contribution >= 0.6 is 0 Å². The average molecular weight is 327 g/mol. The fourth-order valence-corrected chi connectivity index (χ4v) is 3.58. The Balaban J connectivity index is 1.60. The van der Waals surface area contributed by atoms with Crippen LogP contribution in [0.3, 0.4) is 0 Å². The van der Waals surface area contributed by atoms with Crippen molar-refractivity contribution in [3.63, 3.8) is 0 Å². The zero-order valence-corrected chi connectivity index (χ0v) is 14.7. The summed E-state index contributed by atoms with van der Waals surface area (Å²) in [6, 6.07) is 0. The van der Waals surface area contributed by atoms with Gasteiger partial charge in [-0.05, 0) is 25.7 Å². The van der Waals surface area contributed by atoms with E-state index in [1.165, 1.54) is 12.8 Å². The summed E-state index contributed by atoms with van der Waals surface area (Å²) in [5.41, 5.74) is 2.97. The first-order valence-electron chi connectivity index (χ1n) is 8.90. The van der Waals surface area contributed by atoms with E-state index >= 15 is 0 Å². The molecule has 1 aliphatic carbocycles. The fourth-order valence-electron chi connectivity index (χ4n) is 3.58. The summed E-state index contributed by atoms with van der Waals surface area (Å²) in [5.74, 6) is 2.13. The summed E-state index contributed by atoms with van der Waals surface area (Å²) < 4.78 is 4.22. The van der Waals surface area contributed by atoms with Gasteiger partial charge in [0.05, 0.1) is 29.7 Å². The number of hydrogen-bond acceptors (Lipinski definition) is 3. The van der Waals surface area contributed by atoms with Crippen molar-refractivity contribution in [3.8, 4) is 0 Å². The first-order chi connectivity index (χ1) is 11.5. The molecule has 2 aliphatic rings. The molecule has 1 saturated carbocycles. The van der Waals surface area contributed by atoms with Gasteiger partial charge in [-0.1, -0.05) is 13.8 Å². The van der Waals surface area contributed by atoms with Crippen molar-refractivity contribution in [2.45, 2.75) is 59.2 Å². The number of rotatable bonds is 4. The Morgan fingerprint density at radius 2 is 2.12 bits per heavy atom. The quantitative estimate of drug-likeness (QED) is 0.867. The van der Waals surface area contributed by atoms with Crippen LogP contribution in [-0.4, -0.2) is 36.7 Å². The van der Waals surface area contributed by atoms with E-state index in [1.807, 2.05) is 11.8 Å². The average Bonchev–Trinajstić information content (AvgIpc) is 3.17.